The lowest BCUT2D eigenvalue weighted by Crippen LogP contribution is -2.19. The quantitative estimate of drug-likeness (QED) is 0.606. The van der Waals surface area contributed by atoms with Crippen molar-refractivity contribution in [3.63, 3.8) is 0 Å². The van der Waals surface area contributed by atoms with E-state index in [1.54, 1.807) is 0 Å². The first-order chi connectivity index (χ1) is 11.0. The van der Waals surface area contributed by atoms with Crippen molar-refractivity contribution in [3.05, 3.63) is 29.6 Å². The number of ketones is 1. The minimum absolute atomic E-state index is 0. The Balaban J connectivity index is 0.00000529. The molecule has 0 fully saturated rings. The molecule has 1 aromatic carbocycles. The second-order valence-corrected chi connectivity index (χ2v) is 6.10. The number of anilines is 1. The van der Waals surface area contributed by atoms with Crippen LogP contribution in [0.25, 0.3) is 0 Å². The smallest absolute Gasteiger partial charge is 0.227 e. The highest BCUT2D eigenvalue weighted by atomic mass is 19.1. The molecule has 1 unspecified atom stereocenters. The van der Waals surface area contributed by atoms with Gasteiger partial charge >= 0.3 is 0 Å². The average Bonchev–Trinajstić information content (AvgIpc) is 2.52. The van der Waals surface area contributed by atoms with Crippen LogP contribution in [0.4, 0.5) is 10.1 Å². The number of nitrogens with one attached hydrogen (secondary N) is 1. The summed E-state index contributed by atoms with van der Waals surface area (Å²) in [5.74, 6) is -0.200. The number of Topliss-reactive ketones (excluding diaryl/α,β-unsaturated/α-hetero) is 1. The minimum Gasteiger partial charge on any atom is -0.326 e. The topological polar surface area (TPSA) is 46.2 Å². The average molecular weight is 323 g/mol. The van der Waals surface area contributed by atoms with Crippen LogP contribution in [-0.2, 0) is 16.0 Å². The molecule has 130 valence electrons. The first-order valence-electron chi connectivity index (χ1n) is 8.58. The number of hydrogen-bond acceptors (Lipinski definition) is 2. The summed E-state index contributed by atoms with van der Waals surface area (Å²) in [6, 6.07) is 4.69. The van der Waals surface area contributed by atoms with Crippen molar-refractivity contribution >= 4 is 17.4 Å². The Labute approximate surface area is 140 Å². The van der Waals surface area contributed by atoms with E-state index in [1.807, 2.05) is 26.8 Å². The molecule has 4 heteroatoms. The second kappa shape index (κ2) is 10.1. The van der Waals surface area contributed by atoms with Gasteiger partial charge in [0.2, 0.25) is 5.91 Å². The molecule has 1 N–H and O–H groups in total. The molecular formula is C19H30FNO2. The van der Waals surface area contributed by atoms with Gasteiger partial charge in [-0.25, -0.2) is 4.39 Å². The zero-order valence-electron chi connectivity index (χ0n) is 14.5. The lowest BCUT2D eigenvalue weighted by Gasteiger charge is -2.11. The summed E-state index contributed by atoms with van der Waals surface area (Å²) >= 11 is 0. The van der Waals surface area contributed by atoms with Crippen LogP contribution in [0.2, 0.25) is 0 Å². The Morgan fingerprint density at radius 3 is 2.57 bits per heavy atom. The molecule has 0 saturated heterocycles. The fourth-order valence-corrected chi connectivity index (χ4v) is 2.32. The Kier molecular flexibility index (Phi) is 8.52. The summed E-state index contributed by atoms with van der Waals surface area (Å²) in [6.45, 7) is 5.68. The summed E-state index contributed by atoms with van der Waals surface area (Å²) in [7, 11) is 0. The number of carbonyl (C=O) groups excluding carboxylic acids is 2. The van der Waals surface area contributed by atoms with Crippen LogP contribution >= 0.6 is 0 Å². The van der Waals surface area contributed by atoms with Crippen LogP contribution in [0.1, 0.15) is 66.3 Å². The third kappa shape index (κ3) is 7.40. The van der Waals surface area contributed by atoms with E-state index >= 15 is 0 Å². The Morgan fingerprint density at radius 1 is 1.17 bits per heavy atom. The Hall–Kier alpha value is -1.71. The predicted octanol–water partition coefficient (Wildman–Crippen LogP) is 5.14. The van der Waals surface area contributed by atoms with Crippen molar-refractivity contribution in [2.75, 3.05) is 5.32 Å². The number of unbranched alkanes of at least 4 members (excludes halogenated alkanes) is 2. The Bertz CT molecular complexity index is 534. The standard InChI is InChI=1S/C19H28FNO2.H2/c1-4-14(3)19(23)21-17-12-15(11-16(20)13-17)9-7-6-8-10-18(22)5-2;/h11-14H,4-10H2,1-3H3,(H,21,23);1H. The lowest BCUT2D eigenvalue weighted by atomic mass is 10.0. The van der Waals surface area contributed by atoms with Crippen molar-refractivity contribution in [1.29, 1.82) is 0 Å². The minimum atomic E-state index is -0.330. The number of aryl methyl sites for hydroxylation is 1. The molecule has 23 heavy (non-hydrogen) atoms. The van der Waals surface area contributed by atoms with Crippen molar-refractivity contribution in [3.8, 4) is 0 Å². The summed E-state index contributed by atoms with van der Waals surface area (Å²) in [5.41, 5.74) is 1.40. The Morgan fingerprint density at radius 2 is 1.91 bits per heavy atom. The van der Waals surface area contributed by atoms with Crippen LogP contribution in [0.5, 0.6) is 0 Å². The fraction of sp³-hybridized carbons (Fsp3) is 0.579. The van der Waals surface area contributed by atoms with Gasteiger partial charge in [0, 0.05) is 25.9 Å². The summed E-state index contributed by atoms with van der Waals surface area (Å²) in [4.78, 5) is 23.1. The highest BCUT2D eigenvalue weighted by Gasteiger charge is 2.11. The van der Waals surface area contributed by atoms with Gasteiger partial charge in [-0.3, -0.25) is 9.59 Å². The molecule has 0 aliphatic rings. The molecule has 0 aromatic heterocycles. The van der Waals surface area contributed by atoms with E-state index in [-0.39, 0.29) is 19.1 Å². The van der Waals surface area contributed by atoms with E-state index in [9.17, 15) is 14.0 Å². The third-order valence-electron chi connectivity index (χ3n) is 4.10. The molecule has 1 aromatic rings. The maximum Gasteiger partial charge on any atom is 0.227 e. The maximum atomic E-state index is 13.7. The van der Waals surface area contributed by atoms with Gasteiger partial charge < -0.3 is 5.32 Å². The molecule has 1 rings (SSSR count). The molecule has 0 saturated carbocycles. The van der Waals surface area contributed by atoms with Gasteiger partial charge in [-0.1, -0.05) is 27.2 Å². The van der Waals surface area contributed by atoms with Gasteiger partial charge in [0.1, 0.15) is 11.6 Å². The van der Waals surface area contributed by atoms with Crippen LogP contribution in [0, 0.1) is 11.7 Å². The van der Waals surface area contributed by atoms with Crippen molar-refractivity contribution in [1.82, 2.24) is 0 Å². The second-order valence-electron chi connectivity index (χ2n) is 6.10. The van der Waals surface area contributed by atoms with Gasteiger partial charge in [-0.15, -0.1) is 0 Å². The fourth-order valence-electron chi connectivity index (χ4n) is 2.32. The molecule has 1 amide bonds. The van der Waals surface area contributed by atoms with Crippen LogP contribution in [0.15, 0.2) is 18.2 Å². The van der Waals surface area contributed by atoms with Crippen LogP contribution in [-0.4, -0.2) is 11.7 Å². The lowest BCUT2D eigenvalue weighted by molar-refractivity contribution is -0.120. The van der Waals surface area contributed by atoms with Crippen molar-refractivity contribution < 1.29 is 15.4 Å². The van der Waals surface area contributed by atoms with E-state index in [0.29, 0.717) is 24.3 Å². The molecule has 0 spiro atoms. The first-order valence-corrected chi connectivity index (χ1v) is 8.58. The van der Waals surface area contributed by atoms with Crippen molar-refractivity contribution in [2.24, 2.45) is 5.92 Å². The zero-order valence-corrected chi connectivity index (χ0v) is 14.5. The van der Waals surface area contributed by atoms with Crippen LogP contribution in [0.3, 0.4) is 0 Å². The zero-order chi connectivity index (χ0) is 17.2. The molecule has 0 aliphatic carbocycles. The predicted molar refractivity (Wildman–Crippen MR) is 94.1 cm³/mol. The molecule has 0 aliphatic heterocycles. The normalized spacial score (nSPS) is 12.0. The molecule has 1 atom stereocenters. The third-order valence-corrected chi connectivity index (χ3v) is 4.10. The largest absolute Gasteiger partial charge is 0.326 e. The summed E-state index contributed by atoms with van der Waals surface area (Å²) in [5, 5.41) is 2.77. The molecule has 0 bridgehead atoms. The van der Waals surface area contributed by atoms with E-state index in [0.717, 1.165) is 37.7 Å². The van der Waals surface area contributed by atoms with Gasteiger partial charge in [-0.05, 0) is 49.4 Å². The number of hydrogen-bond donors (Lipinski definition) is 1. The molecule has 0 radical (unpaired) electrons. The van der Waals surface area contributed by atoms with Gasteiger partial charge in [-0.2, -0.15) is 0 Å². The number of benzene rings is 1. The number of halogens is 1. The van der Waals surface area contributed by atoms with Gasteiger partial charge in [0.05, 0.1) is 0 Å². The van der Waals surface area contributed by atoms with Gasteiger partial charge in [0.25, 0.3) is 0 Å². The molecular weight excluding hydrogens is 293 g/mol. The SMILES string of the molecule is CCC(=O)CCCCCc1cc(F)cc(NC(=O)C(C)CC)c1.[HH]. The highest BCUT2D eigenvalue weighted by molar-refractivity contribution is 5.92. The van der Waals surface area contributed by atoms with E-state index in [1.165, 1.54) is 12.1 Å². The van der Waals surface area contributed by atoms with Gasteiger partial charge in [0.15, 0.2) is 0 Å². The van der Waals surface area contributed by atoms with Crippen LogP contribution < -0.4 is 5.32 Å². The monoisotopic (exact) mass is 323 g/mol. The van der Waals surface area contributed by atoms with E-state index < -0.39 is 0 Å². The number of carbonyl (C=O) groups is 2. The summed E-state index contributed by atoms with van der Waals surface area (Å²) in [6.07, 6.45) is 5.50. The van der Waals surface area contributed by atoms with E-state index in [4.69, 9.17) is 0 Å². The maximum absolute atomic E-state index is 13.7. The molecule has 3 nitrogen and oxygen atoms in total. The summed E-state index contributed by atoms with van der Waals surface area (Å²) < 4.78 is 13.7. The number of amides is 1. The van der Waals surface area contributed by atoms with Crippen molar-refractivity contribution in [2.45, 2.75) is 65.7 Å². The highest BCUT2D eigenvalue weighted by Crippen LogP contribution is 2.18. The molecule has 0 heterocycles. The van der Waals surface area contributed by atoms with E-state index in [2.05, 4.69) is 5.32 Å². The first kappa shape index (κ1) is 19.3. The number of rotatable bonds is 10.